The summed E-state index contributed by atoms with van der Waals surface area (Å²) < 4.78 is 12.2. The van der Waals surface area contributed by atoms with Crippen molar-refractivity contribution in [1.82, 2.24) is 0 Å². The first-order valence-electron chi connectivity index (χ1n) is 6.09. The van der Waals surface area contributed by atoms with Crippen LogP contribution in [0.2, 0.25) is 0 Å². The second-order valence-electron chi connectivity index (χ2n) is 3.65. The minimum absolute atomic E-state index is 0.688. The number of benzene rings is 1. The third-order valence-electron chi connectivity index (χ3n) is 2.66. The van der Waals surface area contributed by atoms with Gasteiger partial charge in [-0.3, -0.25) is 5.04 Å². The summed E-state index contributed by atoms with van der Waals surface area (Å²) in [4.78, 5) is 0. The molecular formula is C12H17NO3S. The van der Waals surface area contributed by atoms with Gasteiger partial charge in [0.25, 0.3) is 0 Å². The molecule has 0 amide bonds. The van der Waals surface area contributed by atoms with Crippen LogP contribution in [-0.4, -0.2) is 22.6 Å². The average molecular weight is 257 g/mol. The van der Waals surface area contributed by atoms with Crippen LogP contribution in [0.5, 0.6) is 0 Å². The normalized spacial score (nSPS) is 13.9. The maximum atomic E-state index is 9.63. The quantitative estimate of drug-likeness (QED) is 0.265. The molecule has 2 rings (SSSR count). The summed E-state index contributed by atoms with van der Waals surface area (Å²) in [6.45, 7) is 2.94. The molecule has 1 aliphatic rings. The topological polar surface area (TPSA) is 44.5 Å². The molecule has 94 valence electrons. The Labute approximate surface area is 107 Å². The first kappa shape index (κ1) is 12.6. The SMILES string of the molecule is CC1=[N+](CCSOO[O-])c2ccccc2C1.[3H]C. The first-order chi connectivity index (χ1) is 8.83. The van der Waals surface area contributed by atoms with Crippen molar-refractivity contribution < 1.29 is 20.6 Å². The van der Waals surface area contributed by atoms with E-state index in [9.17, 15) is 5.26 Å². The van der Waals surface area contributed by atoms with E-state index in [1.807, 2.05) is 6.07 Å². The van der Waals surface area contributed by atoms with Gasteiger partial charge in [0, 0.05) is 32.0 Å². The Kier molecular flexibility index (Phi) is 5.00. The van der Waals surface area contributed by atoms with Crippen molar-refractivity contribution in [1.29, 1.82) is 0 Å². The monoisotopic (exact) mass is 257 g/mol. The van der Waals surface area contributed by atoms with Crippen LogP contribution < -0.4 is 5.26 Å². The average Bonchev–Trinajstić information content (AvgIpc) is 2.73. The van der Waals surface area contributed by atoms with Gasteiger partial charge >= 0.3 is 0 Å². The highest BCUT2D eigenvalue weighted by Crippen LogP contribution is 2.25. The zero-order valence-corrected chi connectivity index (χ0v) is 10.8. The molecule has 0 aliphatic carbocycles. The lowest BCUT2D eigenvalue weighted by Crippen LogP contribution is -2.14. The van der Waals surface area contributed by atoms with Gasteiger partial charge in [0.1, 0.15) is 0 Å². The predicted molar refractivity (Wildman–Crippen MR) is 67.0 cm³/mol. The van der Waals surface area contributed by atoms with E-state index in [2.05, 4.69) is 39.1 Å². The van der Waals surface area contributed by atoms with Crippen LogP contribution >= 0.6 is 12.0 Å². The van der Waals surface area contributed by atoms with E-state index in [1.54, 1.807) is 0 Å². The van der Waals surface area contributed by atoms with Crippen LogP contribution in [0.25, 0.3) is 0 Å². The molecular weight excluding hydrogens is 238 g/mol. The highest BCUT2D eigenvalue weighted by Gasteiger charge is 2.25. The predicted octanol–water partition coefficient (Wildman–Crippen LogP) is 1.86. The Morgan fingerprint density at radius 2 is 2.29 bits per heavy atom. The van der Waals surface area contributed by atoms with Crippen LogP contribution in [0, 0.1) is 0 Å². The van der Waals surface area contributed by atoms with Crippen LogP contribution in [0.4, 0.5) is 5.69 Å². The number of rotatable bonds is 5. The lowest BCUT2D eigenvalue weighted by molar-refractivity contribution is -0.777. The molecule has 1 heterocycles. The molecule has 0 atom stereocenters. The molecule has 1 aromatic carbocycles. The zero-order valence-electron chi connectivity index (χ0n) is 11.0. The third kappa shape index (κ3) is 3.29. The summed E-state index contributed by atoms with van der Waals surface area (Å²) in [7, 11) is 1.25. The van der Waals surface area contributed by atoms with Gasteiger partial charge in [-0.2, -0.15) is 8.91 Å². The lowest BCUT2D eigenvalue weighted by Gasteiger charge is -2.03. The van der Waals surface area contributed by atoms with Gasteiger partial charge in [-0.15, -0.1) is 0 Å². The molecule has 0 N–H and O–H groups in total. The van der Waals surface area contributed by atoms with Crippen molar-refractivity contribution in [3.8, 4) is 0 Å². The summed E-state index contributed by atoms with van der Waals surface area (Å²) in [5.41, 5.74) is 3.93. The van der Waals surface area contributed by atoms with E-state index in [4.69, 9.17) is 1.37 Å². The van der Waals surface area contributed by atoms with E-state index >= 15 is 0 Å². The Balaban J connectivity index is 0.000000771. The molecule has 0 aromatic heterocycles. The van der Waals surface area contributed by atoms with Gasteiger partial charge in [-0.1, -0.05) is 25.6 Å². The fourth-order valence-electron chi connectivity index (χ4n) is 1.99. The minimum Gasteiger partial charge on any atom is -0.691 e. The standard InChI is InChI=1S/C11H13NO3S.CH4/c1-9-8-10-4-2-3-5-11(10)12(9)6-7-16-15-14-13;/h2-5H,6-8H2,1H3;1H4/i;1T. The molecule has 0 fully saturated rings. The molecule has 0 saturated carbocycles. The zero-order chi connectivity index (χ0) is 13.4. The Morgan fingerprint density at radius 3 is 3.06 bits per heavy atom. The molecule has 1 aromatic rings. The lowest BCUT2D eigenvalue weighted by atomic mass is 10.1. The largest absolute Gasteiger partial charge is 0.691 e. The number of hydrogen-bond acceptors (Lipinski definition) is 4. The summed E-state index contributed by atoms with van der Waals surface area (Å²) in [5.74, 6) is 0.688. The number of hydrogen-bond donors (Lipinski definition) is 0. The Bertz CT molecular complexity index is 412. The van der Waals surface area contributed by atoms with E-state index in [1.165, 1.54) is 24.4 Å². The molecule has 0 spiro atoms. The number of fused-ring (bicyclic) bond motifs is 1. The van der Waals surface area contributed by atoms with Gasteiger partial charge in [0.15, 0.2) is 12.3 Å². The van der Waals surface area contributed by atoms with Crippen molar-refractivity contribution in [2.45, 2.75) is 20.7 Å². The van der Waals surface area contributed by atoms with E-state index in [0.29, 0.717) is 5.75 Å². The molecule has 0 bridgehead atoms. The molecule has 0 saturated heterocycles. The fraction of sp³-hybridized carbons (Fsp3) is 0.417. The van der Waals surface area contributed by atoms with Crippen molar-refractivity contribution in [3.63, 3.8) is 0 Å². The van der Waals surface area contributed by atoms with E-state index in [-0.39, 0.29) is 0 Å². The van der Waals surface area contributed by atoms with Crippen LogP contribution in [-0.2, 0) is 15.8 Å². The molecule has 17 heavy (non-hydrogen) atoms. The van der Waals surface area contributed by atoms with Crippen molar-refractivity contribution in [2.24, 2.45) is 0 Å². The number of para-hydroxylation sites is 1. The smallest absolute Gasteiger partial charge is 0.208 e. The van der Waals surface area contributed by atoms with Gasteiger partial charge in [-0.05, 0) is 0 Å². The Hall–Kier alpha value is -0.880. The fourth-order valence-corrected chi connectivity index (χ4v) is 2.36. The molecule has 1 aliphatic heterocycles. The third-order valence-corrected chi connectivity index (χ3v) is 3.16. The summed E-state index contributed by atoms with van der Waals surface area (Å²) in [5, 5.41) is 12.9. The van der Waals surface area contributed by atoms with Crippen LogP contribution in [0.3, 0.4) is 0 Å². The van der Waals surface area contributed by atoms with Crippen molar-refractivity contribution in [2.75, 3.05) is 12.3 Å². The first-order valence-corrected chi connectivity index (χ1v) is 6.00. The Morgan fingerprint density at radius 1 is 1.53 bits per heavy atom. The van der Waals surface area contributed by atoms with Gasteiger partial charge in [0.05, 0.1) is 12.2 Å². The molecule has 5 heteroatoms. The second-order valence-corrected chi connectivity index (χ2v) is 4.43. The van der Waals surface area contributed by atoms with E-state index in [0.717, 1.165) is 25.0 Å². The maximum Gasteiger partial charge on any atom is 0.208 e. The van der Waals surface area contributed by atoms with Gasteiger partial charge in [-0.25, -0.2) is 0 Å². The highest BCUT2D eigenvalue weighted by molar-refractivity contribution is 7.94. The van der Waals surface area contributed by atoms with Crippen LogP contribution in [0.15, 0.2) is 24.3 Å². The summed E-state index contributed by atoms with van der Waals surface area (Å²) in [6.07, 6.45) is 1.000. The highest BCUT2D eigenvalue weighted by atomic mass is 32.2. The van der Waals surface area contributed by atoms with Crippen molar-refractivity contribution >= 4 is 23.4 Å². The second kappa shape index (κ2) is 6.76. The minimum atomic E-state index is 0.688. The number of nitrogens with zero attached hydrogens (tertiary/aromatic N) is 1. The molecule has 4 nitrogen and oxygen atoms in total. The van der Waals surface area contributed by atoms with Gasteiger partial charge in [0.2, 0.25) is 5.69 Å². The maximum absolute atomic E-state index is 9.63. The molecule has 0 radical (unpaired) electrons. The van der Waals surface area contributed by atoms with E-state index < -0.39 is 0 Å². The van der Waals surface area contributed by atoms with Gasteiger partial charge < -0.3 is 5.26 Å². The summed E-state index contributed by atoms with van der Waals surface area (Å²) >= 11 is 1.03. The van der Waals surface area contributed by atoms with Crippen LogP contribution in [0.1, 0.15) is 21.3 Å². The summed E-state index contributed by atoms with van der Waals surface area (Å²) in [6, 6.07) is 8.35. The van der Waals surface area contributed by atoms with Crippen molar-refractivity contribution in [3.05, 3.63) is 29.8 Å². The molecule has 0 unspecified atom stereocenters.